The number of ether oxygens (including phenoxy) is 1. The molecule has 0 radical (unpaired) electrons. The summed E-state index contributed by atoms with van der Waals surface area (Å²) < 4.78 is 5.97. The van der Waals surface area contributed by atoms with Crippen molar-refractivity contribution >= 4 is 33.1 Å². The molecule has 1 aromatic carbocycles. The van der Waals surface area contributed by atoms with Gasteiger partial charge in [-0.05, 0) is 28.1 Å². The Labute approximate surface area is 88.4 Å². The van der Waals surface area contributed by atoms with Crippen molar-refractivity contribution in [3.63, 3.8) is 0 Å². The van der Waals surface area contributed by atoms with Gasteiger partial charge in [-0.3, -0.25) is 9.89 Å². The van der Waals surface area contributed by atoms with Crippen molar-refractivity contribution in [2.75, 3.05) is 7.11 Å². The molecule has 0 aliphatic rings. The van der Waals surface area contributed by atoms with E-state index in [1.807, 2.05) is 6.07 Å². The van der Waals surface area contributed by atoms with Crippen LogP contribution in [0.3, 0.4) is 0 Å². The fourth-order valence-electron chi connectivity index (χ4n) is 1.34. The lowest BCUT2D eigenvalue weighted by atomic mass is 10.2. The molecule has 0 spiro atoms. The zero-order chi connectivity index (χ0) is 10.1. The smallest absolute Gasteiger partial charge is 0.168 e. The van der Waals surface area contributed by atoms with E-state index in [-0.39, 0.29) is 0 Å². The number of carbonyl (C=O) groups excluding carboxylic acids is 1. The second-order valence-electron chi connectivity index (χ2n) is 2.73. The van der Waals surface area contributed by atoms with Gasteiger partial charge in [0.25, 0.3) is 0 Å². The molecule has 5 heteroatoms. The first kappa shape index (κ1) is 9.21. The number of nitrogens with zero attached hydrogens (tertiary/aromatic N) is 1. The Kier molecular flexibility index (Phi) is 2.25. The molecule has 0 saturated heterocycles. The fourth-order valence-corrected chi connectivity index (χ4v) is 1.76. The summed E-state index contributed by atoms with van der Waals surface area (Å²) in [7, 11) is 1.56. The van der Waals surface area contributed by atoms with Gasteiger partial charge in [-0.15, -0.1) is 0 Å². The van der Waals surface area contributed by atoms with Crippen LogP contribution in [0.15, 0.2) is 16.6 Å². The van der Waals surface area contributed by atoms with E-state index in [1.165, 1.54) is 0 Å². The Morgan fingerprint density at radius 3 is 3.00 bits per heavy atom. The number of aromatic amines is 1. The van der Waals surface area contributed by atoms with E-state index in [1.54, 1.807) is 13.2 Å². The first-order chi connectivity index (χ1) is 6.77. The summed E-state index contributed by atoms with van der Waals surface area (Å²) in [6, 6.07) is 3.62. The Balaban J connectivity index is 2.88. The van der Waals surface area contributed by atoms with Crippen LogP contribution in [-0.2, 0) is 0 Å². The molecule has 2 rings (SSSR count). The molecule has 1 aromatic heterocycles. The van der Waals surface area contributed by atoms with Crippen LogP contribution in [0.4, 0.5) is 0 Å². The number of aromatic nitrogens is 2. The maximum absolute atomic E-state index is 10.7. The molecule has 0 fully saturated rings. The summed E-state index contributed by atoms with van der Waals surface area (Å²) in [5.74, 6) is 0.638. The number of benzene rings is 1. The van der Waals surface area contributed by atoms with Crippen LogP contribution in [0.1, 0.15) is 10.5 Å². The predicted molar refractivity (Wildman–Crippen MR) is 55.7 cm³/mol. The first-order valence-corrected chi connectivity index (χ1v) is 4.73. The van der Waals surface area contributed by atoms with Crippen molar-refractivity contribution < 1.29 is 9.53 Å². The number of rotatable bonds is 2. The first-order valence-electron chi connectivity index (χ1n) is 3.93. The second kappa shape index (κ2) is 3.42. The van der Waals surface area contributed by atoms with Crippen molar-refractivity contribution in [1.82, 2.24) is 10.2 Å². The zero-order valence-electron chi connectivity index (χ0n) is 7.37. The molecule has 0 saturated carbocycles. The fraction of sp³-hybridized carbons (Fsp3) is 0.111. The average molecular weight is 255 g/mol. The van der Waals surface area contributed by atoms with Crippen LogP contribution in [0, 0.1) is 0 Å². The molecule has 72 valence electrons. The van der Waals surface area contributed by atoms with Crippen LogP contribution in [-0.4, -0.2) is 23.6 Å². The third-order valence-corrected chi connectivity index (χ3v) is 2.63. The van der Waals surface area contributed by atoms with E-state index in [0.29, 0.717) is 22.3 Å². The highest BCUT2D eigenvalue weighted by atomic mass is 79.9. The van der Waals surface area contributed by atoms with E-state index in [9.17, 15) is 4.79 Å². The van der Waals surface area contributed by atoms with Crippen LogP contribution in [0.25, 0.3) is 10.9 Å². The predicted octanol–water partition coefficient (Wildman–Crippen LogP) is 2.15. The molecule has 0 atom stereocenters. The number of nitrogens with one attached hydrogen (secondary N) is 1. The van der Waals surface area contributed by atoms with Crippen LogP contribution in [0.2, 0.25) is 0 Å². The van der Waals surface area contributed by atoms with Crippen molar-refractivity contribution in [1.29, 1.82) is 0 Å². The summed E-state index contributed by atoms with van der Waals surface area (Å²) in [5.41, 5.74) is 1.13. The summed E-state index contributed by atoms with van der Waals surface area (Å²) >= 11 is 3.35. The van der Waals surface area contributed by atoms with Crippen molar-refractivity contribution in [3.8, 4) is 5.75 Å². The van der Waals surface area contributed by atoms with Crippen LogP contribution < -0.4 is 4.74 Å². The standard InChI is InChI=1S/C9H7BrN2O2/c1-14-7-3-2-5(10)9-8(7)6(4-13)11-12-9/h2-4H,1H3,(H,11,12). The maximum Gasteiger partial charge on any atom is 0.168 e. The van der Waals surface area contributed by atoms with E-state index in [0.717, 1.165) is 10.8 Å². The summed E-state index contributed by atoms with van der Waals surface area (Å²) in [6.07, 6.45) is 0.726. The molecule has 2 aromatic rings. The maximum atomic E-state index is 10.7. The van der Waals surface area contributed by atoms with Gasteiger partial charge in [-0.1, -0.05) is 0 Å². The number of carbonyl (C=O) groups is 1. The van der Waals surface area contributed by atoms with Gasteiger partial charge >= 0.3 is 0 Å². The summed E-state index contributed by atoms with van der Waals surface area (Å²) in [6.45, 7) is 0. The highest BCUT2D eigenvalue weighted by molar-refractivity contribution is 9.10. The van der Waals surface area contributed by atoms with Gasteiger partial charge in [0.1, 0.15) is 17.0 Å². The molecule has 0 aliphatic carbocycles. The quantitative estimate of drug-likeness (QED) is 0.836. The molecule has 0 unspecified atom stereocenters. The van der Waals surface area contributed by atoms with Crippen LogP contribution >= 0.6 is 15.9 Å². The summed E-state index contributed by atoms with van der Waals surface area (Å²) in [5, 5.41) is 7.37. The number of methoxy groups -OCH3 is 1. The number of hydrogen-bond acceptors (Lipinski definition) is 3. The average Bonchev–Trinajstić information content (AvgIpc) is 2.63. The highest BCUT2D eigenvalue weighted by Crippen LogP contribution is 2.31. The van der Waals surface area contributed by atoms with E-state index >= 15 is 0 Å². The lowest BCUT2D eigenvalue weighted by Crippen LogP contribution is -1.86. The van der Waals surface area contributed by atoms with Gasteiger partial charge in [0.05, 0.1) is 12.5 Å². The van der Waals surface area contributed by atoms with E-state index < -0.39 is 0 Å². The van der Waals surface area contributed by atoms with E-state index in [4.69, 9.17) is 4.74 Å². The van der Waals surface area contributed by atoms with Gasteiger partial charge in [0, 0.05) is 4.47 Å². The van der Waals surface area contributed by atoms with Crippen molar-refractivity contribution in [3.05, 3.63) is 22.3 Å². The minimum absolute atomic E-state index is 0.429. The SMILES string of the molecule is COc1ccc(Br)c2n[nH]c(C=O)c12. The second-order valence-corrected chi connectivity index (χ2v) is 3.58. The Hall–Kier alpha value is -1.36. The number of aldehydes is 1. The van der Waals surface area contributed by atoms with Gasteiger partial charge in [-0.25, -0.2) is 0 Å². The Morgan fingerprint density at radius 2 is 2.36 bits per heavy atom. The topological polar surface area (TPSA) is 55.0 Å². The number of hydrogen-bond donors (Lipinski definition) is 1. The molecule has 0 bridgehead atoms. The number of H-pyrrole nitrogens is 1. The lowest BCUT2D eigenvalue weighted by Gasteiger charge is -2.01. The Morgan fingerprint density at radius 1 is 1.57 bits per heavy atom. The summed E-state index contributed by atoms with van der Waals surface area (Å²) in [4.78, 5) is 10.7. The normalized spacial score (nSPS) is 10.4. The number of halogens is 1. The molecule has 14 heavy (non-hydrogen) atoms. The Bertz CT molecular complexity index is 493. The minimum atomic E-state index is 0.429. The van der Waals surface area contributed by atoms with Gasteiger partial charge < -0.3 is 4.74 Å². The molecule has 0 amide bonds. The van der Waals surface area contributed by atoms with Crippen molar-refractivity contribution in [2.45, 2.75) is 0 Å². The van der Waals surface area contributed by atoms with Crippen LogP contribution in [0.5, 0.6) is 5.75 Å². The molecule has 1 N–H and O–H groups in total. The molecule has 4 nitrogen and oxygen atoms in total. The molecular weight excluding hydrogens is 248 g/mol. The van der Waals surface area contributed by atoms with E-state index in [2.05, 4.69) is 26.1 Å². The zero-order valence-corrected chi connectivity index (χ0v) is 8.96. The lowest BCUT2D eigenvalue weighted by molar-refractivity contribution is 0.112. The molecular formula is C9H7BrN2O2. The third kappa shape index (κ3) is 1.21. The van der Waals surface area contributed by atoms with Gasteiger partial charge in [0.15, 0.2) is 6.29 Å². The van der Waals surface area contributed by atoms with Gasteiger partial charge in [0.2, 0.25) is 0 Å². The molecule has 1 heterocycles. The van der Waals surface area contributed by atoms with Gasteiger partial charge in [-0.2, -0.15) is 5.10 Å². The largest absolute Gasteiger partial charge is 0.496 e. The van der Waals surface area contributed by atoms with Crippen molar-refractivity contribution in [2.24, 2.45) is 0 Å². The minimum Gasteiger partial charge on any atom is -0.496 e. The number of fused-ring (bicyclic) bond motifs is 1. The third-order valence-electron chi connectivity index (χ3n) is 1.99. The molecule has 0 aliphatic heterocycles. The highest BCUT2D eigenvalue weighted by Gasteiger charge is 2.12. The monoisotopic (exact) mass is 254 g/mol.